The average molecular weight is 219 g/mol. The minimum Gasteiger partial charge on any atom is -0.493 e. The molecule has 2 rings (SSSR count). The lowest BCUT2D eigenvalue weighted by Crippen LogP contribution is -2.15. The van der Waals surface area contributed by atoms with Crippen molar-refractivity contribution in [2.45, 2.75) is 13.3 Å². The van der Waals surface area contributed by atoms with Gasteiger partial charge >= 0.3 is 0 Å². The van der Waals surface area contributed by atoms with Gasteiger partial charge in [0.15, 0.2) is 11.3 Å². The van der Waals surface area contributed by atoms with Crippen molar-refractivity contribution in [1.82, 2.24) is 5.32 Å². The van der Waals surface area contributed by atoms with Gasteiger partial charge < -0.3 is 14.5 Å². The third kappa shape index (κ3) is 2.04. The molecule has 0 saturated carbocycles. The van der Waals surface area contributed by atoms with E-state index in [2.05, 4.69) is 18.3 Å². The standard InChI is InChI=1S/C13H17NO2/c1-3-14-8-7-10-9-16-13-11(10)5-4-6-12(13)15-2/h4-6,9,14H,3,7-8H2,1-2H3. The number of methoxy groups -OCH3 is 1. The molecule has 1 aromatic heterocycles. The third-order valence-corrected chi connectivity index (χ3v) is 2.68. The molecular weight excluding hydrogens is 202 g/mol. The van der Waals surface area contributed by atoms with Crippen LogP contribution in [0.3, 0.4) is 0 Å². The summed E-state index contributed by atoms with van der Waals surface area (Å²) in [6.45, 7) is 4.08. The molecule has 0 fully saturated rings. The van der Waals surface area contributed by atoms with Gasteiger partial charge in [-0.1, -0.05) is 19.1 Å². The van der Waals surface area contributed by atoms with Gasteiger partial charge in [0.2, 0.25) is 0 Å². The summed E-state index contributed by atoms with van der Waals surface area (Å²) in [5.74, 6) is 0.798. The van der Waals surface area contributed by atoms with Crippen LogP contribution in [-0.2, 0) is 6.42 Å². The van der Waals surface area contributed by atoms with Gasteiger partial charge in [-0.15, -0.1) is 0 Å². The second-order valence-corrected chi connectivity index (χ2v) is 3.70. The SMILES string of the molecule is CCNCCc1coc2c(OC)cccc12. The van der Waals surface area contributed by atoms with Crippen molar-refractivity contribution in [2.24, 2.45) is 0 Å². The van der Waals surface area contributed by atoms with Crippen molar-refractivity contribution in [3.63, 3.8) is 0 Å². The predicted molar refractivity (Wildman–Crippen MR) is 65.0 cm³/mol. The highest BCUT2D eigenvalue weighted by Gasteiger charge is 2.09. The van der Waals surface area contributed by atoms with E-state index in [1.54, 1.807) is 7.11 Å². The number of likely N-dealkylation sites (N-methyl/N-ethyl adjacent to an activating group) is 1. The Hall–Kier alpha value is -1.48. The van der Waals surface area contributed by atoms with Crippen molar-refractivity contribution in [2.75, 3.05) is 20.2 Å². The Morgan fingerprint density at radius 3 is 3.00 bits per heavy atom. The van der Waals surface area contributed by atoms with Crippen LogP contribution in [-0.4, -0.2) is 20.2 Å². The van der Waals surface area contributed by atoms with Crippen molar-refractivity contribution in [1.29, 1.82) is 0 Å². The summed E-state index contributed by atoms with van der Waals surface area (Å²) in [6.07, 6.45) is 2.80. The molecule has 16 heavy (non-hydrogen) atoms. The van der Waals surface area contributed by atoms with Gasteiger partial charge in [0.1, 0.15) is 0 Å². The Morgan fingerprint density at radius 2 is 2.25 bits per heavy atom. The molecule has 0 aliphatic carbocycles. The minimum atomic E-state index is 0.798. The summed E-state index contributed by atoms with van der Waals surface area (Å²) in [5, 5.41) is 4.46. The second-order valence-electron chi connectivity index (χ2n) is 3.70. The Morgan fingerprint density at radius 1 is 1.38 bits per heavy atom. The molecule has 3 heteroatoms. The molecule has 0 spiro atoms. The van der Waals surface area contributed by atoms with E-state index in [0.29, 0.717) is 0 Å². The van der Waals surface area contributed by atoms with E-state index in [1.165, 1.54) is 5.56 Å². The molecule has 0 aliphatic rings. The number of ether oxygens (including phenoxy) is 1. The van der Waals surface area contributed by atoms with E-state index >= 15 is 0 Å². The van der Waals surface area contributed by atoms with Crippen molar-refractivity contribution >= 4 is 11.0 Å². The van der Waals surface area contributed by atoms with E-state index in [9.17, 15) is 0 Å². The van der Waals surface area contributed by atoms with E-state index in [-0.39, 0.29) is 0 Å². The zero-order chi connectivity index (χ0) is 11.4. The van der Waals surface area contributed by atoms with Crippen LogP contribution in [0.5, 0.6) is 5.75 Å². The molecule has 0 bridgehead atoms. The normalized spacial score (nSPS) is 10.9. The fourth-order valence-corrected chi connectivity index (χ4v) is 1.84. The zero-order valence-corrected chi connectivity index (χ0v) is 9.75. The van der Waals surface area contributed by atoms with Crippen LogP contribution in [0, 0.1) is 0 Å². The summed E-state index contributed by atoms with van der Waals surface area (Å²) in [7, 11) is 1.66. The third-order valence-electron chi connectivity index (χ3n) is 2.68. The highest BCUT2D eigenvalue weighted by molar-refractivity contribution is 5.86. The topological polar surface area (TPSA) is 34.4 Å². The van der Waals surface area contributed by atoms with E-state index < -0.39 is 0 Å². The van der Waals surface area contributed by atoms with Gasteiger partial charge in [-0.25, -0.2) is 0 Å². The van der Waals surface area contributed by atoms with Crippen LogP contribution in [0.2, 0.25) is 0 Å². The zero-order valence-electron chi connectivity index (χ0n) is 9.75. The lowest BCUT2D eigenvalue weighted by atomic mass is 10.1. The highest BCUT2D eigenvalue weighted by atomic mass is 16.5. The first-order chi connectivity index (χ1) is 7.86. The molecule has 0 radical (unpaired) electrons. The molecule has 3 nitrogen and oxygen atoms in total. The van der Waals surface area contributed by atoms with Gasteiger partial charge in [0.25, 0.3) is 0 Å². The number of hydrogen-bond donors (Lipinski definition) is 1. The molecule has 0 atom stereocenters. The summed E-state index contributed by atoms with van der Waals surface area (Å²) >= 11 is 0. The molecule has 1 heterocycles. The first kappa shape index (κ1) is 11.0. The lowest BCUT2D eigenvalue weighted by Gasteiger charge is -2.01. The van der Waals surface area contributed by atoms with E-state index in [0.717, 1.165) is 36.2 Å². The largest absolute Gasteiger partial charge is 0.493 e. The Labute approximate surface area is 95.4 Å². The smallest absolute Gasteiger partial charge is 0.175 e. The van der Waals surface area contributed by atoms with Crippen LogP contribution >= 0.6 is 0 Å². The number of fused-ring (bicyclic) bond motifs is 1. The maximum Gasteiger partial charge on any atom is 0.175 e. The quantitative estimate of drug-likeness (QED) is 0.785. The van der Waals surface area contributed by atoms with Gasteiger partial charge in [-0.3, -0.25) is 0 Å². The minimum absolute atomic E-state index is 0.798. The molecular formula is C13H17NO2. The van der Waals surface area contributed by atoms with Crippen LogP contribution < -0.4 is 10.1 Å². The molecule has 0 unspecified atom stereocenters. The molecule has 1 aromatic carbocycles. The maximum atomic E-state index is 5.55. The van der Waals surface area contributed by atoms with E-state index in [1.807, 2.05) is 18.4 Å². The van der Waals surface area contributed by atoms with Crippen molar-refractivity contribution in [3.8, 4) is 5.75 Å². The van der Waals surface area contributed by atoms with E-state index in [4.69, 9.17) is 9.15 Å². The van der Waals surface area contributed by atoms with Crippen molar-refractivity contribution < 1.29 is 9.15 Å². The monoisotopic (exact) mass is 219 g/mol. The number of para-hydroxylation sites is 1. The second kappa shape index (κ2) is 5.03. The van der Waals surface area contributed by atoms with Gasteiger partial charge in [-0.05, 0) is 31.1 Å². The first-order valence-corrected chi connectivity index (χ1v) is 5.60. The van der Waals surface area contributed by atoms with Gasteiger partial charge in [-0.2, -0.15) is 0 Å². The van der Waals surface area contributed by atoms with Gasteiger partial charge in [0, 0.05) is 5.39 Å². The molecule has 0 saturated heterocycles. The summed E-state index contributed by atoms with van der Waals surface area (Å²) < 4.78 is 10.8. The fraction of sp³-hybridized carbons (Fsp3) is 0.385. The van der Waals surface area contributed by atoms with Crippen LogP contribution in [0.4, 0.5) is 0 Å². The molecule has 0 aliphatic heterocycles. The first-order valence-electron chi connectivity index (χ1n) is 5.60. The number of nitrogens with one attached hydrogen (secondary N) is 1. The number of furan rings is 1. The van der Waals surface area contributed by atoms with Crippen LogP contribution in [0.25, 0.3) is 11.0 Å². The molecule has 1 N–H and O–H groups in total. The Balaban J connectivity index is 2.27. The predicted octanol–water partition coefficient (Wildman–Crippen LogP) is 2.59. The number of hydrogen-bond acceptors (Lipinski definition) is 3. The fourth-order valence-electron chi connectivity index (χ4n) is 1.84. The number of rotatable bonds is 5. The molecule has 86 valence electrons. The Bertz CT molecular complexity index is 462. The highest BCUT2D eigenvalue weighted by Crippen LogP contribution is 2.29. The molecule has 0 amide bonds. The van der Waals surface area contributed by atoms with Gasteiger partial charge in [0.05, 0.1) is 13.4 Å². The summed E-state index contributed by atoms with van der Waals surface area (Å²) in [6, 6.07) is 5.98. The maximum absolute atomic E-state index is 5.55. The lowest BCUT2D eigenvalue weighted by molar-refractivity contribution is 0.410. The average Bonchev–Trinajstić information content (AvgIpc) is 2.73. The van der Waals surface area contributed by atoms with Crippen molar-refractivity contribution in [3.05, 3.63) is 30.0 Å². The summed E-state index contributed by atoms with van der Waals surface area (Å²) in [5.41, 5.74) is 2.08. The summed E-state index contributed by atoms with van der Waals surface area (Å²) in [4.78, 5) is 0. The van der Waals surface area contributed by atoms with Crippen LogP contribution in [0.1, 0.15) is 12.5 Å². The Kier molecular flexibility index (Phi) is 3.47. The molecule has 2 aromatic rings. The van der Waals surface area contributed by atoms with Crippen LogP contribution in [0.15, 0.2) is 28.9 Å². The number of benzene rings is 1.